The van der Waals surface area contributed by atoms with Gasteiger partial charge in [-0.25, -0.2) is 25.3 Å². The second-order valence-corrected chi connectivity index (χ2v) is 6.57. The number of carbonyl (C=O) groups excluding carboxylic acids is 2. The highest BCUT2D eigenvalue weighted by atomic mass is 19.1. The molecule has 0 radical (unpaired) electrons. The molecule has 2 heterocycles. The molecule has 1 aromatic heterocycles. The number of rotatable bonds is 10. The van der Waals surface area contributed by atoms with Crippen molar-refractivity contribution >= 4 is 24.1 Å². The highest BCUT2D eigenvalue weighted by Gasteiger charge is 2.28. The van der Waals surface area contributed by atoms with Crippen LogP contribution in [0.25, 0.3) is 0 Å². The van der Waals surface area contributed by atoms with Gasteiger partial charge in [0.2, 0.25) is 18.3 Å². The van der Waals surface area contributed by atoms with Gasteiger partial charge in [0.1, 0.15) is 0 Å². The van der Waals surface area contributed by atoms with E-state index in [-0.39, 0.29) is 24.7 Å². The summed E-state index contributed by atoms with van der Waals surface area (Å²) in [5, 5.41) is 10.6. The molecular weight excluding hydrogens is 371 g/mol. The summed E-state index contributed by atoms with van der Waals surface area (Å²) < 4.78 is 19.4. The number of ether oxygens (including phenoxy) is 1. The molecule has 1 aromatic rings. The number of hydroxylamine groups is 2. The molecule has 2 amide bonds. The quantitative estimate of drug-likeness (QED) is 0.147. The molecule has 0 aromatic carbocycles. The summed E-state index contributed by atoms with van der Waals surface area (Å²) in [6, 6.07) is 0. The number of carbonyl (C=O) groups is 2. The number of hydrogen-bond acceptors (Lipinski definition) is 8. The van der Waals surface area contributed by atoms with Gasteiger partial charge in [-0.15, -0.1) is 0 Å². The molecular formula is C17H27FN6O4. The van der Waals surface area contributed by atoms with Gasteiger partial charge in [0, 0.05) is 13.1 Å². The molecule has 0 aliphatic carbocycles. The maximum atomic E-state index is 14.2. The molecule has 28 heavy (non-hydrogen) atoms. The molecule has 1 aliphatic rings. The first kappa shape index (κ1) is 21.9. The highest BCUT2D eigenvalue weighted by Crippen LogP contribution is 2.21. The van der Waals surface area contributed by atoms with E-state index >= 15 is 0 Å². The van der Waals surface area contributed by atoms with Crippen molar-refractivity contribution in [2.45, 2.75) is 32.6 Å². The van der Waals surface area contributed by atoms with E-state index in [0.29, 0.717) is 37.8 Å². The molecule has 1 atom stereocenters. The number of anilines is 2. The first-order valence-electron chi connectivity index (χ1n) is 9.32. The lowest BCUT2D eigenvalue weighted by atomic mass is 10.00. The summed E-state index contributed by atoms with van der Waals surface area (Å²) in [6.07, 6.45) is 4.21. The van der Waals surface area contributed by atoms with Crippen LogP contribution >= 0.6 is 0 Å². The van der Waals surface area contributed by atoms with Crippen molar-refractivity contribution in [2.75, 3.05) is 42.8 Å². The minimum Gasteiger partial charge on any atom is -0.378 e. The van der Waals surface area contributed by atoms with E-state index in [1.165, 1.54) is 0 Å². The van der Waals surface area contributed by atoms with Crippen LogP contribution in [-0.2, 0) is 14.3 Å². The van der Waals surface area contributed by atoms with Crippen molar-refractivity contribution in [1.82, 2.24) is 15.0 Å². The first-order chi connectivity index (χ1) is 13.5. The zero-order valence-electron chi connectivity index (χ0n) is 16.0. The molecule has 0 spiro atoms. The summed E-state index contributed by atoms with van der Waals surface area (Å²) in [5.74, 6) is 3.91. The molecule has 1 aliphatic heterocycles. The van der Waals surface area contributed by atoms with E-state index in [9.17, 15) is 19.2 Å². The third kappa shape index (κ3) is 5.81. The third-order valence-electron chi connectivity index (χ3n) is 4.51. The number of unbranched alkanes of at least 4 members (excludes halogenated alkanes) is 2. The lowest BCUT2D eigenvalue weighted by molar-refractivity contribution is -0.154. The second-order valence-electron chi connectivity index (χ2n) is 6.57. The van der Waals surface area contributed by atoms with Gasteiger partial charge in [-0.3, -0.25) is 14.8 Å². The van der Waals surface area contributed by atoms with Crippen molar-refractivity contribution in [1.29, 1.82) is 0 Å². The van der Waals surface area contributed by atoms with E-state index in [1.807, 2.05) is 6.92 Å². The van der Waals surface area contributed by atoms with Crippen molar-refractivity contribution < 1.29 is 23.9 Å². The monoisotopic (exact) mass is 398 g/mol. The fourth-order valence-corrected chi connectivity index (χ4v) is 2.96. The summed E-state index contributed by atoms with van der Waals surface area (Å²) in [7, 11) is 0. The van der Waals surface area contributed by atoms with Crippen LogP contribution in [0.5, 0.6) is 0 Å². The minimum atomic E-state index is -0.729. The number of hydrazine groups is 1. The van der Waals surface area contributed by atoms with Gasteiger partial charge in [0.25, 0.3) is 0 Å². The number of nitrogens with two attached hydrogens (primary N) is 1. The number of nitrogens with zero attached hydrogens (tertiary/aromatic N) is 5. The Balaban J connectivity index is 2.17. The van der Waals surface area contributed by atoms with Gasteiger partial charge in [-0.05, 0) is 6.42 Å². The molecule has 2 rings (SSSR count). The number of morpholine rings is 1. The molecule has 1 fully saturated rings. The second kappa shape index (κ2) is 10.8. The Labute approximate surface area is 163 Å². The molecule has 0 bridgehead atoms. The Morgan fingerprint density at radius 2 is 2.18 bits per heavy atom. The fraction of sp³-hybridized carbons (Fsp3) is 0.647. The third-order valence-corrected chi connectivity index (χ3v) is 4.51. The van der Waals surface area contributed by atoms with Crippen LogP contribution in [0.2, 0.25) is 0 Å². The Bertz CT molecular complexity index is 659. The van der Waals surface area contributed by atoms with E-state index in [2.05, 4.69) is 9.97 Å². The van der Waals surface area contributed by atoms with Crippen LogP contribution in [0, 0.1) is 11.7 Å². The van der Waals surface area contributed by atoms with Crippen LogP contribution in [0.1, 0.15) is 32.6 Å². The van der Waals surface area contributed by atoms with Gasteiger partial charge in [-0.1, -0.05) is 26.2 Å². The molecule has 11 heteroatoms. The van der Waals surface area contributed by atoms with Crippen LogP contribution in [-0.4, -0.2) is 65.4 Å². The van der Waals surface area contributed by atoms with E-state index in [1.54, 1.807) is 4.90 Å². The molecule has 1 saturated heterocycles. The van der Waals surface area contributed by atoms with Gasteiger partial charge in [0.15, 0.2) is 11.6 Å². The van der Waals surface area contributed by atoms with Crippen molar-refractivity contribution in [3.63, 3.8) is 0 Å². The molecule has 10 nitrogen and oxygen atoms in total. The van der Waals surface area contributed by atoms with Gasteiger partial charge < -0.3 is 9.64 Å². The lowest BCUT2D eigenvalue weighted by Gasteiger charge is -2.29. The van der Waals surface area contributed by atoms with Crippen molar-refractivity contribution in [3.8, 4) is 0 Å². The molecule has 3 N–H and O–H groups in total. The average Bonchev–Trinajstić information content (AvgIpc) is 2.73. The maximum absolute atomic E-state index is 14.2. The highest BCUT2D eigenvalue weighted by molar-refractivity contribution is 5.92. The van der Waals surface area contributed by atoms with Crippen molar-refractivity contribution in [3.05, 3.63) is 12.0 Å². The Kier molecular flexibility index (Phi) is 8.48. The van der Waals surface area contributed by atoms with Gasteiger partial charge >= 0.3 is 0 Å². The Morgan fingerprint density at radius 1 is 1.46 bits per heavy atom. The lowest BCUT2D eigenvalue weighted by Crippen LogP contribution is -2.46. The van der Waals surface area contributed by atoms with E-state index < -0.39 is 17.6 Å². The standard InChI is InChI=1S/C17H27FN6O4/c1-2-3-4-5-13(11-23(27)12-25)16(26)24(19)17-20-10-14(18)15(21-17)22-6-8-28-9-7-22/h10,12-13,27H,2-9,11,19H2,1H3. The summed E-state index contributed by atoms with van der Waals surface area (Å²) in [4.78, 5) is 33.2. The predicted octanol–water partition coefficient (Wildman–Crippen LogP) is 0.703. The van der Waals surface area contributed by atoms with Crippen LogP contribution in [0.15, 0.2) is 6.20 Å². The topological polar surface area (TPSA) is 125 Å². The normalized spacial score (nSPS) is 15.2. The van der Waals surface area contributed by atoms with E-state index in [0.717, 1.165) is 30.5 Å². The summed E-state index contributed by atoms with van der Waals surface area (Å²) in [5.41, 5.74) is 0. The predicted molar refractivity (Wildman–Crippen MR) is 98.9 cm³/mol. The maximum Gasteiger partial charge on any atom is 0.249 e. The molecule has 1 unspecified atom stereocenters. The van der Waals surface area contributed by atoms with Gasteiger partial charge in [0.05, 0.1) is 31.9 Å². The fourth-order valence-electron chi connectivity index (χ4n) is 2.96. The zero-order valence-corrected chi connectivity index (χ0v) is 16.0. The SMILES string of the molecule is CCCCCC(CN(O)C=O)C(=O)N(N)c1ncc(F)c(N2CCOCC2)n1. The number of amides is 2. The number of hydrogen-bond donors (Lipinski definition) is 2. The van der Waals surface area contributed by atoms with Crippen LogP contribution in [0.3, 0.4) is 0 Å². The smallest absolute Gasteiger partial charge is 0.249 e. The summed E-state index contributed by atoms with van der Waals surface area (Å²) >= 11 is 0. The number of aromatic nitrogens is 2. The van der Waals surface area contributed by atoms with Crippen LogP contribution < -0.4 is 15.8 Å². The summed E-state index contributed by atoms with van der Waals surface area (Å²) in [6.45, 7) is 3.64. The number of halogens is 1. The largest absolute Gasteiger partial charge is 0.378 e. The van der Waals surface area contributed by atoms with E-state index in [4.69, 9.17) is 10.6 Å². The average molecular weight is 398 g/mol. The Morgan fingerprint density at radius 3 is 2.82 bits per heavy atom. The molecule has 0 saturated carbocycles. The minimum absolute atomic E-state index is 0.0516. The van der Waals surface area contributed by atoms with Gasteiger partial charge in [-0.2, -0.15) is 4.98 Å². The first-order valence-corrected chi connectivity index (χ1v) is 9.32. The molecule has 156 valence electrons. The van der Waals surface area contributed by atoms with Crippen molar-refractivity contribution in [2.24, 2.45) is 11.8 Å². The van der Waals surface area contributed by atoms with Crippen LogP contribution in [0.4, 0.5) is 16.2 Å². The Hall–Kier alpha value is -2.37. The zero-order chi connectivity index (χ0) is 20.5.